The number of para-hydroxylation sites is 1. The summed E-state index contributed by atoms with van der Waals surface area (Å²) in [6.07, 6.45) is 0. The summed E-state index contributed by atoms with van der Waals surface area (Å²) < 4.78 is 21.7. The number of hydrogen-bond acceptors (Lipinski definition) is 5. The summed E-state index contributed by atoms with van der Waals surface area (Å²) in [6.45, 7) is 2.14. The zero-order chi connectivity index (χ0) is 14.5. The SMILES string of the molecule is COc1cccc(OC)c1OCC(N)c1ccc(C)o1. The van der Waals surface area contributed by atoms with Crippen LogP contribution in [0.1, 0.15) is 17.6 Å². The lowest BCUT2D eigenvalue weighted by molar-refractivity contribution is 0.245. The maximum atomic E-state index is 6.04. The molecule has 2 rings (SSSR count). The zero-order valence-electron chi connectivity index (χ0n) is 11.9. The summed E-state index contributed by atoms with van der Waals surface area (Å²) in [5, 5.41) is 0. The first kappa shape index (κ1) is 14.3. The van der Waals surface area contributed by atoms with Gasteiger partial charge in [-0.25, -0.2) is 0 Å². The molecule has 2 aromatic rings. The van der Waals surface area contributed by atoms with Crippen molar-refractivity contribution in [2.45, 2.75) is 13.0 Å². The molecule has 0 spiro atoms. The van der Waals surface area contributed by atoms with Crippen LogP contribution in [0.25, 0.3) is 0 Å². The molecule has 5 nitrogen and oxygen atoms in total. The zero-order valence-corrected chi connectivity index (χ0v) is 11.9. The molecule has 20 heavy (non-hydrogen) atoms. The third-order valence-corrected chi connectivity index (χ3v) is 2.92. The number of rotatable bonds is 6. The molecule has 0 radical (unpaired) electrons. The largest absolute Gasteiger partial charge is 0.493 e. The first-order chi connectivity index (χ1) is 9.65. The topological polar surface area (TPSA) is 66.8 Å². The summed E-state index contributed by atoms with van der Waals surface area (Å²) in [5.41, 5.74) is 6.04. The van der Waals surface area contributed by atoms with Gasteiger partial charge in [-0.15, -0.1) is 0 Å². The average Bonchev–Trinajstić information content (AvgIpc) is 2.90. The molecular weight excluding hydrogens is 258 g/mol. The molecule has 0 aliphatic carbocycles. The van der Waals surface area contributed by atoms with Crippen LogP contribution in [-0.2, 0) is 0 Å². The fraction of sp³-hybridized carbons (Fsp3) is 0.333. The van der Waals surface area contributed by atoms with Gasteiger partial charge in [0.15, 0.2) is 11.5 Å². The van der Waals surface area contributed by atoms with Gasteiger partial charge in [0.05, 0.1) is 20.3 Å². The molecule has 1 aromatic carbocycles. The lowest BCUT2D eigenvalue weighted by Gasteiger charge is -2.16. The first-order valence-corrected chi connectivity index (χ1v) is 6.31. The highest BCUT2D eigenvalue weighted by Gasteiger charge is 2.15. The van der Waals surface area contributed by atoms with Gasteiger partial charge in [-0.05, 0) is 31.2 Å². The highest BCUT2D eigenvalue weighted by molar-refractivity contribution is 5.51. The molecule has 1 unspecified atom stereocenters. The first-order valence-electron chi connectivity index (χ1n) is 6.31. The summed E-state index contributed by atoms with van der Waals surface area (Å²) in [5.74, 6) is 3.26. The van der Waals surface area contributed by atoms with E-state index in [1.54, 1.807) is 26.4 Å². The Morgan fingerprint density at radius 3 is 2.25 bits per heavy atom. The molecular formula is C15H19NO4. The van der Waals surface area contributed by atoms with Gasteiger partial charge in [-0.1, -0.05) is 6.07 Å². The Morgan fingerprint density at radius 2 is 1.75 bits per heavy atom. The fourth-order valence-corrected chi connectivity index (χ4v) is 1.87. The third-order valence-electron chi connectivity index (χ3n) is 2.92. The van der Waals surface area contributed by atoms with E-state index in [1.807, 2.05) is 25.1 Å². The third kappa shape index (κ3) is 3.05. The summed E-state index contributed by atoms with van der Waals surface area (Å²) in [7, 11) is 3.16. The van der Waals surface area contributed by atoms with Crippen LogP contribution in [0.5, 0.6) is 17.2 Å². The Hall–Kier alpha value is -2.14. The lowest BCUT2D eigenvalue weighted by Crippen LogP contribution is -2.18. The van der Waals surface area contributed by atoms with Crippen LogP contribution < -0.4 is 19.9 Å². The second kappa shape index (κ2) is 6.34. The summed E-state index contributed by atoms with van der Waals surface area (Å²) in [4.78, 5) is 0. The van der Waals surface area contributed by atoms with Crippen molar-refractivity contribution in [1.82, 2.24) is 0 Å². The second-order valence-corrected chi connectivity index (χ2v) is 4.36. The molecule has 0 aliphatic heterocycles. The number of hydrogen-bond donors (Lipinski definition) is 1. The van der Waals surface area contributed by atoms with E-state index in [-0.39, 0.29) is 12.6 Å². The van der Waals surface area contributed by atoms with E-state index in [2.05, 4.69) is 0 Å². The van der Waals surface area contributed by atoms with Crippen LogP contribution in [0.2, 0.25) is 0 Å². The van der Waals surface area contributed by atoms with Gasteiger partial charge in [-0.3, -0.25) is 0 Å². The molecule has 0 fully saturated rings. The number of benzene rings is 1. The van der Waals surface area contributed by atoms with Crippen molar-refractivity contribution in [1.29, 1.82) is 0 Å². The van der Waals surface area contributed by atoms with E-state index in [0.29, 0.717) is 23.0 Å². The predicted octanol–water partition coefficient (Wildman–Crippen LogP) is 2.68. The Labute approximate surface area is 118 Å². The maximum Gasteiger partial charge on any atom is 0.203 e. The monoisotopic (exact) mass is 277 g/mol. The van der Waals surface area contributed by atoms with Crippen molar-refractivity contribution in [3.05, 3.63) is 41.9 Å². The van der Waals surface area contributed by atoms with E-state index in [1.165, 1.54) is 0 Å². The Kier molecular flexibility index (Phi) is 4.53. The average molecular weight is 277 g/mol. The molecule has 108 valence electrons. The van der Waals surface area contributed by atoms with E-state index < -0.39 is 0 Å². The number of furan rings is 1. The lowest BCUT2D eigenvalue weighted by atomic mass is 10.2. The number of nitrogens with two attached hydrogens (primary N) is 1. The van der Waals surface area contributed by atoms with Gasteiger partial charge in [0.1, 0.15) is 18.1 Å². The quantitative estimate of drug-likeness (QED) is 0.879. The van der Waals surface area contributed by atoms with E-state index >= 15 is 0 Å². The van der Waals surface area contributed by atoms with E-state index in [4.69, 9.17) is 24.4 Å². The van der Waals surface area contributed by atoms with Crippen molar-refractivity contribution < 1.29 is 18.6 Å². The Balaban J connectivity index is 2.10. The van der Waals surface area contributed by atoms with Gasteiger partial charge >= 0.3 is 0 Å². The molecule has 1 atom stereocenters. The molecule has 0 saturated carbocycles. The van der Waals surface area contributed by atoms with Gasteiger partial charge in [0.25, 0.3) is 0 Å². The number of methoxy groups -OCH3 is 2. The molecule has 0 aliphatic rings. The van der Waals surface area contributed by atoms with Crippen molar-refractivity contribution in [2.24, 2.45) is 5.73 Å². The molecule has 5 heteroatoms. The standard InChI is InChI=1S/C15H19NO4/c1-10-7-8-12(20-10)11(16)9-19-15-13(17-2)5-4-6-14(15)18-3/h4-8,11H,9,16H2,1-3H3. The summed E-state index contributed by atoms with van der Waals surface area (Å²) >= 11 is 0. The van der Waals surface area contributed by atoms with Gasteiger partial charge in [-0.2, -0.15) is 0 Å². The van der Waals surface area contributed by atoms with E-state index in [0.717, 1.165) is 5.76 Å². The molecule has 0 saturated heterocycles. The van der Waals surface area contributed by atoms with E-state index in [9.17, 15) is 0 Å². The fourth-order valence-electron chi connectivity index (χ4n) is 1.87. The highest BCUT2D eigenvalue weighted by Crippen LogP contribution is 2.37. The minimum Gasteiger partial charge on any atom is -0.493 e. The normalized spacial score (nSPS) is 12.0. The smallest absolute Gasteiger partial charge is 0.203 e. The maximum absolute atomic E-state index is 6.04. The molecule has 2 N–H and O–H groups in total. The number of ether oxygens (including phenoxy) is 3. The van der Waals surface area contributed by atoms with Crippen LogP contribution in [0.3, 0.4) is 0 Å². The Morgan fingerprint density at radius 1 is 1.10 bits per heavy atom. The van der Waals surface area contributed by atoms with Crippen LogP contribution in [0.15, 0.2) is 34.7 Å². The van der Waals surface area contributed by atoms with Crippen molar-refractivity contribution >= 4 is 0 Å². The molecule has 0 amide bonds. The van der Waals surface area contributed by atoms with Gasteiger partial charge in [0, 0.05) is 0 Å². The Bertz CT molecular complexity index is 543. The van der Waals surface area contributed by atoms with Crippen LogP contribution in [0, 0.1) is 6.92 Å². The van der Waals surface area contributed by atoms with Crippen molar-refractivity contribution in [3.63, 3.8) is 0 Å². The summed E-state index contributed by atoms with van der Waals surface area (Å²) in [6, 6.07) is 8.82. The van der Waals surface area contributed by atoms with Crippen LogP contribution >= 0.6 is 0 Å². The number of aryl methyl sites for hydroxylation is 1. The second-order valence-electron chi connectivity index (χ2n) is 4.36. The predicted molar refractivity (Wildman–Crippen MR) is 75.4 cm³/mol. The van der Waals surface area contributed by atoms with Crippen LogP contribution in [0.4, 0.5) is 0 Å². The molecule has 0 bridgehead atoms. The highest BCUT2D eigenvalue weighted by atomic mass is 16.5. The van der Waals surface area contributed by atoms with Crippen molar-refractivity contribution in [2.75, 3.05) is 20.8 Å². The van der Waals surface area contributed by atoms with Crippen molar-refractivity contribution in [3.8, 4) is 17.2 Å². The van der Waals surface area contributed by atoms with Crippen LogP contribution in [-0.4, -0.2) is 20.8 Å². The van der Waals surface area contributed by atoms with Gasteiger partial charge < -0.3 is 24.4 Å². The minimum atomic E-state index is -0.349. The molecule has 1 heterocycles. The minimum absolute atomic E-state index is 0.268. The molecule has 1 aromatic heterocycles. The van der Waals surface area contributed by atoms with Gasteiger partial charge in [0.2, 0.25) is 5.75 Å².